The number of benzene rings is 1. The molecule has 3 heterocycles. The Balaban J connectivity index is 1.93. The molecule has 0 fully saturated rings. The minimum atomic E-state index is -0.416. The number of fused-ring (bicyclic) bond motifs is 2. The molecule has 0 atom stereocenters. The van der Waals surface area contributed by atoms with Gasteiger partial charge in [0.1, 0.15) is 18.4 Å². The maximum Gasteiger partial charge on any atom is 0.328 e. The fourth-order valence-electron chi connectivity index (χ4n) is 2.51. The van der Waals surface area contributed by atoms with Crippen LogP contribution in [0.1, 0.15) is 5.56 Å². The van der Waals surface area contributed by atoms with Crippen molar-refractivity contribution in [2.75, 3.05) is 0 Å². The predicted octanol–water partition coefficient (Wildman–Crippen LogP) is 0.854. The van der Waals surface area contributed by atoms with Gasteiger partial charge in [0.15, 0.2) is 5.65 Å². The van der Waals surface area contributed by atoms with Gasteiger partial charge >= 0.3 is 5.69 Å². The van der Waals surface area contributed by atoms with Crippen molar-refractivity contribution in [3.8, 4) is 18.1 Å². The second-order valence-corrected chi connectivity index (χ2v) is 5.01. The van der Waals surface area contributed by atoms with Gasteiger partial charge in [-0.15, -0.1) is 0 Å². The third kappa shape index (κ3) is 1.93. The molecular formula is C15H8N8O. The fourth-order valence-corrected chi connectivity index (χ4v) is 2.51. The molecule has 4 aromatic rings. The Hall–Kier alpha value is -3.98. The lowest BCUT2D eigenvalue weighted by atomic mass is 10.2. The molecule has 0 saturated heterocycles. The topological polar surface area (TPSA) is 129 Å². The van der Waals surface area contributed by atoms with Crippen molar-refractivity contribution in [3.05, 3.63) is 46.8 Å². The van der Waals surface area contributed by atoms with Gasteiger partial charge in [0.05, 0.1) is 34.9 Å². The van der Waals surface area contributed by atoms with E-state index in [-0.39, 0.29) is 6.54 Å². The standard InChI is InChI=1S/C15H8N8O/c16-3-4-22-12-7-18-14(20-13(12)21-15(22)24)23-8-19-10-2-1-9(6-17)5-11(10)23/h1-2,5,7-8H,4H2,(H,18,20,21,24). The van der Waals surface area contributed by atoms with Crippen molar-refractivity contribution in [3.63, 3.8) is 0 Å². The number of aromatic nitrogens is 6. The van der Waals surface area contributed by atoms with E-state index in [4.69, 9.17) is 10.5 Å². The Bertz CT molecular complexity index is 1230. The maximum atomic E-state index is 11.9. The summed E-state index contributed by atoms with van der Waals surface area (Å²) in [6, 6.07) is 9.12. The minimum Gasteiger partial charge on any atom is -0.290 e. The van der Waals surface area contributed by atoms with Gasteiger partial charge in [0.25, 0.3) is 0 Å². The van der Waals surface area contributed by atoms with Crippen molar-refractivity contribution in [1.29, 1.82) is 10.5 Å². The molecule has 9 heteroatoms. The number of imidazole rings is 2. The van der Waals surface area contributed by atoms with Crippen LogP contribution >= 0.6 is 0 Å². The molecule has 1 aromatic carbocycles. The van der Waals surface area contributed by atoms with Crippen molar-refractivity contribution in [2.24, 2.45) is 0 Å². The number of nitrogens with zero attached hydrogens (tertiary/aromatic N) is 7. The second-order valence-electron chi connectivity index (χ2n) is 5.01. The molecule has 1 N–H and O–H groups in total. The minimum absolute atomic E-state index is 0.0823. The van der Waals surface area contributed by atoms with Crippen LogP contribution in [-0.2, 0) is 6.54 Å². The van der Waals surface area contributed by atoms with Crippen LogP contribution in [0.2, 0.25) is 0 Å². The highest BCUT2D eigenvalue weighted by Crippen LogP contribution is 2.18. The van der Waals surface area contributed by atoms with Gasteiger partial charge in [-0.2, -0.15) is 15.5 Å². The van der Waals surface area contributed by atoms with Crippen LogP contribution < -0.4 is 5.69 Å². The lowest BCUT2D eigenvalue weighted by molar-refractivity contribution is 0.815. The summed E-state index contributed by atoms with van der Waals surface area (Å²) in [5.74, 6) is 0.311. The molecule has 0 aliphatic heterocycles. The largest absolute Gasteiger partial charge is 0.328 e. The smallest absolute Gasteiger partial charge is 0.290 e. The van der Waals surface area contributed by atoms with Crippen LogP contribution in [0, 0.1) is 22.7 Å². The molecule has 9 nitrogen and oxygen atoms in total. The Labute approximate surface area is 134 Å². The van der Waals surface area contributed by atoms with E-state index in [1.54, 1.807) is 29.1 Å². The second kappa shape index (κ2) is 5.04. The molecule has 0 bridgehead atoms. The Morgan fingerprint density at radius 2 is 2.08 bits per heavy atom. The average Bonchev–Trinajstić information content (AvgIpc) is 3.15. The van der Waals surface area contributed by atoms with E-state index < -0.39 is 5.69 Å². The van der Waals surface area contributed by atoms with E-state index >= 15 is 0 Å². The monoisotopic (exact) mass is 316 g/mol. The summed E-state index contributed by atoms with van der Waals surface area (Å²) in [4.78, 5) is 27.3. The summed E-state index contributed by atoms with van der Waals surface area (Å²) in [6.07, 6.45) is 3.03. The molecule has 3 aromatic heterocycles. The van der Waals surface area contributed by atoms with Gasteiger partial charge < -0.3 is 0 Å². The molecule has 0 aliphatic rings. The molecule has 0 unspecified atom stereocenters. The summed E-state index contributed by atoms with van der Waals surface area (Å²) in [5, 5.41) is 17.8. The van der Waals surface area contributed by atoms with Gasteiger partial charge in [-0.3, -0.25) is 14.1 Å². The van der Waals surface area contributed by atoms with Gasteiger partial charge in [-0.25, -0.2) is 14.8 Å². The fraction of sp³-hybridized carbons (Fsp3) is 0.0667. The van der Waals surface area contributed by atoms with E-state index in [1.807, 2.05) is 6.07 Å². The molecule has 0 radical (unpaired) electrons. The average molecular weight is 316 g/mol. The number of rotatable bonds is 2. The van der Waals surface area contributed by atoms with Crippen molar-refractivity contribution >= 4 is 22.2 Å². The van der Waals surface area contributed by atoms with Crippen LogP contribution in [0.15, 0.2) is 35.5 Å². The summed E-state index contributed by atoms with van der Waals surface area (Å²) in [7, 11) is 0. The zero-order chi connectivity index (χ0) is 16.7. The molecule has 0 amide bonds. The van der Waals surface area contributed by atoms with Crippen LogP contribution in [0.4, 0.5) is 0 Å². The van der Waals surface area contributed by atoms with E-state index in [1.165, 1.54) is 10.8 Å². The van der Waals surface area contributed by atoms with E-state index in [9.17, 15) is 4.79 Å². The van der Waals surface area contributed by atoms with Crippen molar-refractivity contribution in [2.45, 2.75) is 6.54 Å². The highest BCUT2D eigenvalue weighted by molar-refractivity contribution is 5.79. The predicted molar refractivity (Wildman–Crippen MR) is 83.1 cm³/mol. The van der Waals surface area contributed by atoms with Crippen LogP contribution in [0.5, 0.6) is 0 Å². The third-order valence-corrected chi connectivity index (χ3v) is 3.64. The number of nitriles is 2. The van der Waals surface area contributed by atoms with E-state index in [2.05, 4.69) is 26.0 Å². The third-order valence-electron chi connectivity index (χ3n) is 3.64. The van der Waals surface area contributed by atoms with E-state index in [0.717, 1.165) is 0 Å². The molecule has 0 aliphatic carbocycles. The number of H-pyrrole nitrogens is 1. The summed E-state index contributed by atoms with van der Waals surface area (Å²) in [6.45, 7) is -0.0823. The van der Waals surface area contributed by atoms with Gasteiger partial charge in [0.2, 0.25) is 5.95 Å². The number of aromatic amines is 1. The zero-order valence-corrected chi connectivity index (χ0v) is 12.1. The molecule has 24 heavy (non-hydrogen) atoms. The quantitative estimate of drug-likeness (QED) is 0.583. The van der Waals surface area contributed by atoms with Gasteiger partial charge in [-0.1, -0.05) is 0 Å². The maximum absolute atomic E-state index is 11.9. The van der Waals surface area contributed by atoms with Crippen molar-refractivity contribution < 1.29 is 0 Å². The van der Waals surface area contributed by atoms with Gasteiger partial charge in [-0.05, 0) is 18.2 Å². The molecule has 114 valence electrons. The number of nitrogens with one attached hydrogen (secondary N) is 1. The normalized spacial score (nSPS) is 10.8. The zero-order valence-electron chi connectivity index (χ0n) is 12.1. The Morgan fingerprint density at radius 3 is 2.88 bits per heavy atom. The lowest BCUT2D eigenvalue weighted by Crippen LogP contribution is -2.15. The first-order valence-electron chi connectivity index (χ1n) is 6.91. The number of hydrogen-bond acceptors (Lipinski definition) is 6. The van der Waals surface area contributed by atoms with Crippen LogP contribution in [0.3, 0.4) is 0 Å². The Morgan fingerprint density at radius 1 is 1.21 bits per heavy atom. The first kappa shape index (κ1) is 13.7. The van der Waals surface area contributed by atoms with Crippen LogP contribution in [0.25, 0.3) is 28.1 Å². The van der Waals surface area contributed by atoms with E-state index in [0.29, 0.717) is 33.7 Å². The summed E-state index contributed by atoms with van der Waals surface area (Å²) < 4.78 is 2.90. The van der Waals surface area contributed by atoms with Crippen molar-refractivity contribution in [1.82, 2.24) is 29.1 Å². The molecule has 0 spiro atoms. The molecule has 4 rings (SSSR count). The summed E-state index contributed by atoms with van der Waals surface area (Å²) >= 11 is 0. The first-order valence-corrected chi connectivity index (χ1v) is 6.91. The van der Waals surface area contributed by atoms with Gasteiger partial charge in [0, 0.05) is 0 Å². The SMILES string of the molecule is N#CCn1c(=O)[nH]c2nc(-n3cnc4ccc(C#N)cc43)ncc21. The first-order chi connectivity index (χ1) is 11.7. The highest BCUT2D eigenvalue weighted by atomic mass is 16.1. The highest BCUT2D eigenvalue weighted by Gasteiger charge is 2.12. The Kier molecular flexibility index (Phi) is 2.87. The van der Waals surface area contributed by atoms with Crippen LogP contribution in [-0.4, -0.2) is 29.1 Å². The summed E-state index contributed by atoms with van der Waals surface area (Å²) in [5.41, 5.74) is 2.26. The number of hydrogen-bond donors (Lipinski definition) is 1. The molecule has 0 saturated carbocycles. The lowest BCUT2D eigenvalue weighted by Gasteiger charge is -2.03. The molecular weight excluding hydrogens is 308 g/mol.